The first-order valence-corrected chi connectivity index (χ1v) is 13.7. The third-order valence-corrected chi connectivity index (χ3v) is 7.50. The molecule has 7 rings (SSSR count). The van der Waals surface area contributed by atoms with Crippen LogP contribution in [0.4, 0.5) is 11.8 Å². The van der Waals surface area contributed by atoms with Gasteiger partial charge in [-0.3, -0.25) is 9.47 Å². The molecule has 4 heterocycles. The van der Waals surface area contributed by atoms with Gasteiger partial charge in [0.2, 0.25) is 12.7 Å². The second kappa shape index (κ2) is 10.9. The summed E-state index contributed by atoms with van der Waals surface area (Å²) < 4.78 is 13.0. The SMILES string of the molecule is c1ccc(CN2CCC(Nc3nc(NCc4ccc5c(c4)OCO5)nc4c3ncn4-c3ccccc3)CC2)cc1. The average molecular weight is 534 g/mol. The maximum Gasteiger partial charge on any atom is 0.231 e. The molecule has 0 atom stereocenters. The predicted octanol–water partition coefficient (Wildman–Crippen LogP) is 5.23. The van der Waals surface area contributed by atoms with E-state index in [0.29, 0.717) is 18.5 Å². The van der Waals surface area contributed by atoms with Crippen LogP contribution in [0.15, 0.2) is 85.2 Å². The number of benzene rings is 3. The number of ether oxygens (including phenoxy) is 2. The highest BCUT2D eigenvalue weighted by Crippen LogP contribution is 2.33. The fourth-order valence-corrected chi connectivity index (χ4v) is 5.36. The summed E-state index contributed by atoms with van der Waals surface area (Å²) in [5.41, 5.74) is 4.95. The lowest BCUT2D eigenvalue weighted by Gasteiger charge is -2.32. The summed E-state index contributed by atoms with van der Waals surface area (Å²) in [6.07, 6.45) is 3.90. The Morgan fingerprint density at radius 1 is 0.825 bits per heavy atom. The van der Waals surface area contributed by atoms with Crippen LogP contribution in [0.1, 0.15) is 24.0 Å². The van der Waals surface area contributed by atoms with Gasteiger partial charge in [0.05, 0.1) is 0 Å². The van der Waals surface area contributed by atoms with Crippen molar-refractivity contribution in [1.29, 1.82) is 0 Å². The Morgan fingerprint density at radius 3 is 2.42 bits per heavy atom. The number of hydrogen-bond donors (Lipinski definition) is 2. The van der Waals surface area contributed by atoms with Gasteiger partial charge in [0.1, 0.15) is 6.33 Å². The summed E-state index contributed by atoms with van der Waals surface area (Å²) in [7, 11) is 0. The number of piperidine rings is 1. The van der Waals surface area contributed by atoms with E-state index in [1.165, 1.54) is 5.56 Å². The zero-order valence-electron chi connectivity index (χ0n) is 22.2. The van der Waals surface area contributed by atoms with E-state index in [1.54, 1.807) is 0 Å². The molecule has 202 valence electrons. The lowest BCUT2D eigenvalue weighted by atomic mass is 10.0. The van der Waals surface area contributed by atoms with Gasteiger partial charge in [-0.05, 0) is 48.2 Å². The van der Waals surface area contributed by atoms with E-state index in [-0.39, 0.29) is 6.79 Å². The molecule has 5 aromatic rings. The van der Waals surface area contributed by atoms with Gasteiger partial charge in [-0.25, -0.2) is 4.98 Å². The van der Waals surface area contributed by atoms with Crippen molar-refractivity contribution in [1.82, 2.24) is 24.4 Å². The molecule has 0 radical (unpaired) electrons. The fraction of sp³-hybridized carbons (Fsp3) is 0.258. The standard InChI is InChI=1S/C31H31N7O2/c1-3-7-22(8-4-1)19-37-15-13-24(14-16-37)34-29-28-30(38(20-33-28)25-9-5-2-6-10-25)36-31(35-29)32-18-23-11-12-26-27(17-23)40-21-39-26/h1-12,17,20,24H,13-16,18-19,21H2,(H2,32,34,35,36). The summed E-state index contributed by atoms with van der Waals surface area (Å²) in [6, 6.07) is 27.1. The van der Waals surface area contributed by atoms with Gasteiger partial charge in [-0.1, -0.05) is 54.6 Å². The van der Waals surface area contributed by atoms with Gasteiger partial charge >= 0.3 is 0 Å². The minimum Gasteiger partial charge on any atom is -0.454 e. The highest BCUT2D eigenvalue weighted by Gasteiger charge is 2.22. The number of nitrogens with one attached hydrogen (secondary N) is 2. The summed E-state index contributed by atoms with van der Waals surface area (Å²) in [4.78, 5) is 17.0. The summed E-state index contributed by atoms with van der Waals surface area (Å²) in [6.45, 7) is 3.87. The lowest BCUT2D eigenvalue weighted by Crippen LogP contribution is -2.38. The molecule has 2 aromatic heterocycles. The molecule has 0 bridgehead atoms. The van der Waals surface area contributed by atoms with Crippen LogP contribution in [0.5, 0.6) is 11.5 Å². The van der Waals surface area contributed by atoms with Crippen LogP contribution in [0.25, 0.3) is 16.9 Å². The minimum absolute atomic E-state index is 0.260. The van der Waals surface area contributed by atoms with Crippen molar-refractivity contribution in [3.8, 4) is 17.2 Å². The average Bonchev–Trinajstić information content (AvgIpc) is 3.65. The third kappa shape index (κ3) is 5.15. The van der Waals surface area contributed by atoms with E-state index in [0.717, 1.165) is 72.2 Å². The summed E-state index contributed by atoms with van der Waals surface area (Å²) in [5.74, 6) is 2.84. The Balaban J connectivity index is 1.12. The minimum atomic E-state index is 0.260. The Hall–Kier alpha value is -4.63. The first-order chi connectivity index (χ1) is 19.8. The zero-order chi connectivity index (χ0) is 26.7. The van der Waals surface area contributed by atoms with E-state index in [2.05, 4.69) is 58.0 Å². The normalized spacial score (nSPS) is 15.4. The highest BCUT2D eigenvalue weighted by atomic mass is 16.7. The van der Waals surface area contributed by atoms with Gasteiger partial charge in [0, 0.05) is 37.9 Å². The van der Waals surface area contributed by atoms with E-state index < -0.39 is 0 Å². The van der Waals surface area contributed by atoms with Crippen LogP contribution in [0, 0.1) is 0 Å². The summed E-state index contributed by atoms with van der Waals surface area (Å²) >= 11 is 0. The largest absolute Gasteiger partial charge is 0.454 e. The number of anilines is 2. The molecule has 2 aliphatic rings. The highest BCUT2D eigenvalue weighted by molar-refractivity contribution is 5.85. The molecule has 0 saturated carbocycles. The molecule has 3 aromatic carbocycles. The van der Waals surface area contributed by atoms with Gasteiger partial charge in [-0.15, -0.1) is 0 Å². The number of rotatable bonds is 8. The van der Waals surface area contributed by atoms with Crippen molar-refractivity contribution in [3.63, 3.8) is 0 Å². The van der Waals surface area contributed by atoms with Crippen LogP contribution in [-0.4, -0.2) is 50.3 Å². The quantitative estimate of drug-likeness (QED) is 0.280. The molecule has 2 N–H and O–H groups in total. The zero-order valence-corrected chi connectivity index (χ0v) is 22.2. The number of hydrogen-bond acceptors (Lipinski definition) is 8. The second-order valence-corrected chi connectivity index (χ2v) is 10.2. The molecule has 0 aliphatic carbocycles. The lowest BCUT2D eigenvalue weighted by molar-refractivity contribution is 0.174. The van der Waals surface area contributed by atoms with Gasteiger partial charge < -0.3 is 20.1 Å². The van der Waals surface area contributed by atoms with Crippen molar-refractivity contribution in [2.45, 2.75) is 32.0 Å². The van der Waals surface area contributed by atoms with Crippen LogP contribution in [-0.2, 0) is 13.1 Å². The Bertz CT molecular complexity index is 1600. The van der Waals surface area contributed by atoms with E-state index in [9.17, 15) is 0 Å². The second-order valence-electron chi connectivity index (χ2n) is 10.2. The first kappa shape index (κ1) is 24.4. The van der Waals surface area contributed by atoms with Gasteiger partial charge in [0.25, 0.3) is 0 Å². The van der Waals surface area contributed by atoms with Crippen molar-refractivity contribution in [2.24, 2.45) is 0 Å². The molecule has 40 heavy (non-hydrogen) atoms. The first-order valence-electron chi connectivity index (χ1n) is 13.7. The van der Waals surface area contributed by atoms with Crippen LogP contribution in [0.2, 0.25) is 0 Å². The maximum absolute atomic E-state index is 5.54. The number of nitrogens with zero attached hydrogens (tertiary/aromatic N) is 5. The molecule has 9 heteroatoms. The van der Waals surface area contributed by atoms with Crippen molar-refractivity contribution in [2.75, 3.05) is 30.5 Å². The van der Waals surface area contributed by atoms with Gasteiger partial charge in [-0.2, -0.15) is 9.97 Å². The van der Waals surface area contributed by atoms with E-state index in [1.807, 2.05) is 47.3 Å². The van der Waals surface area contributed by atoms with E-state index >= 15 is 0 Å². The molecule has 2 aliphatic heterocycles. The summed E-state index contributed by atoms with van der Waals surface area (Å²) in [5, 5.41) is 7.13. The van der Waals surface area contributed by atoms with E-state index in [4.69, 9.17) is 24.4 Å². The van der Waals surface area contributed by atoms with Crippen molar-refractivity contribution < 1.29 is 9.47 Å². The molecule has 0 unspecified atom stereocenters. The number of fused-ring (bicyclic) bond motifs is 2. The molecule has 0 spiro atoms. The number of likely N-dealkylation sites (tertiary alicyclic amines) is 1. The smallest absolute Gasteiger partial charge is 0.231 e. The van der Waals surface area contributed by atoms with Gasteiger partial charge in [0.15, 0.2) is 28.5 Å². The fourth-order valence-electron chi connectivity index (χ4n) is 5.36. The number of para-hydroxylation sites is 1. The molecule has 1 fully saturated rings. The molecule has 9 nitrogen and oxygen atoms in total. The Kier molecular flexibility index (Phi) is 6.63. The maximum atomic E-state index is 5.54. The van der Waals surface area contributed by atoms with Crippen molar-refractivity contribution in [3.05, 3.63) is 96.3 Å². The topological polar surface area (TPSA) is 89.4 Å². The molecule has 0 amide bonds. The Labute approximate surface area is 232 Å². The van der Waals surface area contributed by atoms with Crippen LogP contribution >= 0.6 is 0 Å². The Morgan fingerprint density at radius 2 is 1.60 bits per heavy atom. The molecule has 1 saturated heterocycles. The van der Waals surface area contributed by atoms with Crippen LogP contribution in [0.3, 0.4) is 0 Å². The van der Waals surface area contributed by atoms with Crippen LogP contribution < -0.4 is 20.1 Å². The molecular formula is C31H31N7O2. The number of aromatic nitrogens is 4. The molecular weight excluding hydrogens is 502 g/mol. The van der Waals surface area contributed by atoms with Crippen molar-refractivity contribution >= 4 is 22.9 Å². The monoisotopic (exact) mass is 533 g/mol. The predicted molar refractivity (Wildman–Crippen MR) is 155 cm³/mol. The third-order valence-electron chi connectivity index (χ3n) is 7.50. The number of imidazole rings is 1.